The maximum Gasteiger partial charge on any atom is 0.249 e. The van der Waals surface area contributed by atoms with Gasteiger partial charge in [-0.25, -0.2) is 4.98 Å². The van der Waals surface area contributed by atoms with E-state index in [0.29, 0.717) is 0 Å². The summed E-state index contributed by atoms with van der Waals surface area (Å²) in [7, 11) is 0. The zero-order valence-corrected chi connectivity index (χ0v) is 21.4. The first-order chi connectivity index (χ1) is 17.2. The van der Waals surface area contributed by atoms with Crippen LogP contribution in [0, 0.1) is 0 Å². The number of nitrogens with one attached hydrogen (secondary N) is 1. The van der Waals surface area contributed by atoms with E-state index in [2.05, 4.69) is 52.7 Å². The first kappa shape index (κ1) is 22.4. The molecule has 0 aliphatic carbocycles. The van der Waals surface area contributed by atoms with Crippen molar-refractivity contribution in [3.05, 3.63) is 99.1 Å². The Bertz CT molecular complexity index is 1470. The number of anilines is 1. The summed E-state index contributed by atoms with van der Waals surface area (Å²) in [5.74, 6) is -0.111. The molecule has 0 fully saturated rings. The second-order valence-corrected chi connectivity index (χ2v) is 11.6. The van der Waals surface area contributed by atoms with Crippen LogP contribution in [0.25, 0.3) is 26.9 Å². The van der Waals surface area contributed by atoms with Gasteiger partial charge in [0.15, 0.2) is 0 Å². The molecule has 6 rings (SSSR count). The van der Waals surface area contributed by atoms with Crippen LogP contribution in [-0.4, -0.2) is 22.3 Å². The predicted molar refractivity (Wildman–Crippen MR) is 149 cm³/mol. The van der Waals surface area contributed by atoms with Crippen LogP contribution in [0.3, 0.4) is 0 Å². The maximum atomic E-state index is 12.9. The van der Waals surface area contributed by atoms with Crippen molar-refractivity contribution in [3.8, 4) is 10.6 Å². The van der Waals surface area contributed by atoms with E-state index < -0.39 is 0 Å². The molecule has 5 aromatic rings. The molecule has 1 N–H and O–H groups in total. The van der Waals surface area contributed by atoms with Crippen LogP contribution in [0.15, 0.2) is 78.2 Å². The van der Waals surface area contributed by atoms with E-state index in [-0.39, 0.29) is 5.91 Å². The van der Waals surface area contributed by atoms with E-state index in [1.54, 1.807) is 40.1 Å². The quantitative estimate of drug-likeness (QED) is 0.242. The van der Waals surface area contributed by atoms with Crippen molar-refractivity contribution < 1.29 is 4.79 Å². The van der Waals surface area contributed by atoms with Gasteiger partial charge in [-0.3, -0.25) is 9.69 Å². The molecule has 7 heteroatoms. The van der Waals surface area contributed by atoms with Crippen LogP contribution >= 0.6 is 34.0 Å². The Hall–Kier alpha value is -3.10. The highest BCUT2D eigenvalue weighted by atomic mass is 32.1. The molecule has 0 radical (unpaired) electrons. The fourth-order valence-electron chi connectivity index (χ4n) is 4.42. The SMILES string of the molecule is O=C(C=Cc1cccs1)Nc1sc2c(c1-c1nc3ccccc3s1)CCN(Cc1ccccc1)C2. The first-order valence-electron chi connectivity index (χ1n) is 11.5. The van der Waals surface area contributed by atoms with Crippen LogP contribution < -0.4 is 5.32 Å². The van der Waals surface area contributed by atoms with Gasteiger partial charge in [-0.05, 0) is 47.2 Å². The highest BCUT2D eigenvalue weighted by Gasteiger charge is 2.27. The highest BCUT2D eigenvalue weighted by molar-refractivity contribution is 7.23. The molecule has 4 nitrogen and oxygen atoms in total. The van der Waals surface area contributed by atoms with Gasteiger partial charge in [0.2, 0.25) is 5.91 Å². The minimum absolute atomic E-state index is 0.111. The fourth-order valence-corrected chi connectivity index (χ4v) is 7.45. The second-order valence-electron chi connectivity index (χ2n) is 8.48. The lowest BCUT2D eigenvalue weighted by molar-refractivity contribution is -0.111. The summed E-state index contributed by atoms with van der Waals surface area (Å²) >= 11 is 5.01. The number of carbonyl (C=O) groups excluding carboxylic acids is 1. The third-order valence-corrected chi connectivity index (χ3v) is 9.10. The van der Waals surface area contributed by atoms with E-state index in [0.717, 1.165) is 52.0 Å². The molecule has 0 spiro atoms. The van der Waals surface area contributed by atoms with Crippen LogP contribution in [0.4, 0.5) is 5.00 Å². The van der Waals surface area contributed by atoms with Crippen molar-refractivity contribution in [2.75, 3.05) is 11.9 Å². The molecule has 1 aliphatic heterocycles. The zero-order chi connectivity index (χ0) is 23.6. The van der Waals surface area contributed by atoms with E-state index in [1.807, 2.05) is 35.7 Å². The predicted octanol–water partition coefficient (Wildman–Crippen LogP) is 7.30. The number of benzene rings is 2. The number of fused-ring (bicyclic) bond motifs is 2. The standard InChI is InChI=1S/C28H23N3OS3/c32-25(13-12-20-9-6-16-33-20)30-28-26(27-29-22-10-4-5-11-23(22)34-27)21-14-15-31(18-24(21)35-28)17-19-7-2-1-3-8-19/h1-13,16H,14-15,17-18H2,(H,30,32). The van der Waals surface area contributed by atoms with Crippen LogP contribution in [-0.2, 0) is 24.3 Å². The molecule has 4 heterocycles. The summed E-state index contributed by atoms with van der Waals surface area (Å²) in [6.07, 6.45) is 4.44. The molecule has 0 unspecified atom stereocenters. The van der Waals surface area contributed by atoms with Gasteiger partial charge in [-0.2, -0.15) is 0 Å². The molecule has 0 atom stereocenters. The fraction of sp³-hybridized carbons (Fsp3) is 0.143. The van der Waals surface area contributed by atoms with Gasteiger partial charge in [0, 0.05) is 41.0 Å². The lowest BCUT2D eigenvalue weighted by Gasteiger charge is -2.27. The normalized spacial score (nSPS) is 13.9. The van der Waals surface area contributed by atoms with Gasteiger partial charge in [-0.15, -0.1) is 34.0 Å². The van der Waals surface area contributed by atoms with Crippen molar-refractivity contribution in [1.29, 1.82) is 0 Å². The third kappa shape index (κ3) is 4.86. The minimum Gasteiger partial charge on any atom is -0.313 e. The van der Waals surface area contributed by atoms with Gasteiger partial charge in [-0.1, -0.05) is 48.5 Å². The molecule has 174 valence electrons. The highest BCUT2D eigenvalue weighted by Crippen LogP contribution is 2.45. The zero-order valence-electron chi connectivity index (χ0n) is 18.9. The Morgan fingerprint density at radius 2 is 1.89 bits per heavy atom. The molecular weight excluding hydrogens is 491 g/mol. The number of carbonyl (C=O) groups is 1. The second kappa shape index (κ2) is 9.87. The molecular formula is C28H23N3OS3. The molecule has 35 heavy (non-hydrogen) atoms. The molecule has 3 aromatic heterocycles. The number of hydrogen-bond acceptors (Lipinski definition) is 6. The molecule has 0 saturated carbocycles. The molecule has 2 aromatic carbocycles. The van der Waals surface area contributed by atoms with Gasteiger partial charge in [0.05, 0.1) is 10.2 Å². The smallest absolute Gasteiger partial charge is 0.249 e. The Morgan fingerprint density at radius 3 is 2.71 bits per heavy atom. The summed E-state index contributed by atoms with van der Waals surface area (Å²) in [6.45, 7) is 2.80. The summed E-state index contributed by atoms with van der Waals surface area (Å²) in [6, 6.07) is 22.8. The van der Waals surface area contributed by atoms with Gasteiger partial charge in [0.1, 0.15) is 10.0 Å². The molecule has 1 amide bonds. The summed E-state index contributed by atoms with van der Waals surface area (Å²) in [5.41, 5.74) is 4.76. The van der Waals surface area contributed by atoms with Crippen molar-refractivity contribution in [2.45, 2.75) is 19.5 Å². The Morgan fingerprint density at radius 1 is 1.03 bits per heavy atom. The van der Waals surface area contributed by atoms with E-state index >= 15 is 0 Å². The van der Waals surface area contributed by atoms with E-state index in [4.69, 9.17) is 4.98 Å². The van der Waals surface area contributed by atoms with Gasteiger partial charge < -0.3 is 5.32 Å². The number of amides is 1. The number of rotatable bonds is 6. The topological polar surface area (TPSA) is 45.2 Å². The maximum absolute atomic E-state index is 12.9. The molecule has 0 bridgehead atoms. The van der Waals surface area contributed by atoms with Crippen LogP contribution in [0.1, 0.15) is 20.9 Å². The van der Waals surface area contributed by atoms with Crippen molar-refractivity contribution >= 4 is 61.2 Å². The molecule has 0 saturated heterocycles. The van der Waals surface area contributed by atoms with Crippen molar-refractivity contribution in [2.24, 2.45) is 0 Å². The van der Waals surface area contributed by atoms with Crippen LogP contribution in [0.5, 0.6) is 0 Å². The number of aromatic nitrogens is 1. The van der Waals surface area contributed by atoms with E-state index in [9.17, 15) is 4.79 Å². The average molecular weight is 514 g/mol. The van der Waals surface area contributed by atoms with Crippen molar-refractivity contribution in [1.82, 2.24) is 9.88 Å². The number of hydrogen-bond donors (Lipinski definition) is 1. The van der Waals surface area contributed by atoms with Gasteiger partial charge in [0.25, 0.3) is 0 Å². The monoisotopic (exact) mass is 513 g/mol. The summed E-state index contributed by atoms with van der Waals surface area (Å²) in [4.78, 5) is 22.7. The number of para-hydroxylation sites is 1. The Balaban J connectivity index is 1.33. The molecule has 1 aliphatic rings. The lowest BCUT2D eigenvalue weighted by atomic mass is 10.0. The van der Waals surface area contributed by atoms with Crippen molar-refractivity contribution in [3.63, 3.8) is 0 Å². The largest absolute Gasteiger partial charge is 0.313 e. The third-order valence-electron chi connectivity index (χ3n) is 6.07. The average Bonchev–Trinajstić information content (AvgIpc) is 3.61. The van der Waals surface area contributed by atoms with Gasteiger partial charge >= 0.3 is 0 Å². The first-order valence-corrected chi connectivity index (χ1v) is 14.0. The summed E-state index contributed by atoms with van der Waals surface area (Å²) in [5, 5.41) is 7.08. The lowest BCUT2D eigenvalue weighted by Crippen LogP contribution is -2.29. The minimum atomic E-state index is -0.111. The number of thiazole rings is 1. The Labute approximate surface area is 216 Å². The summed E-state index contributed by atoms with van der Waals surface area (Å²) < 4.78 is 1.17. The number of nitrogens with zero attached hydrogens (tertiary/aromatic N) is 2. The Kier molecular flexibility index (Phi) is 6.31. The van der Waals surface area contributed by atoms with Crippen LogP contribution in [0.2, 0.25) is 0 Å². The van der Waals surface area contributed by atoms with E-state index in [1.165, 1.54) is 20.7 Å². The number of thiophene rings is 2.